The number of ether oxygens (including phenoxy) is 1. The van der Waals surface area contributed by atoms with Crippen molar-refractivity contribution in [2.45, 2.75) is 45.1 Å². The number of aromatic nitrogens is 2. The van der Waals surface area contributed by atoms with E-state index >= 15 is 0 Å². The molecule has 7 heteroatoms. The summed E-state index contributed by atoms with van der Waals surface area (Å²) in [4.78, 5) is 26.0. The number of hydrogen-bond donors (Lipinski definition) is 1. The molecule has 1 aromatic carbocycles. The molecule has 3 fully saturated rings. The molecule has 4 atom stereocenters. The van der Waals surface area contributed by atoms with Gasteiger partial charge >= 0.3 is 6.09 Å². The van der Waals surface area contributed by atoms with Gasteiger partial charge in [0.15, 0.2) is 0 Å². The van der Waals surface area contributed by atoms with Crippen LogP contribution in [-0.2, 0) is 4.74 Å². The van der Waals surface area contributed by atoms with Crippen molar-refractivity contribution in [3.05, 3.63) is 41.9 Å². The van der Waals surface area contributed by atoms with Gasteiger partial charge in [0, 0.05) is 56.1 Å². The normalized spacial score (nSPS) is 24.2. The van der Waals surface area contributed by atoms with E-state index in [2.05, 4.69) is 45.4 Å². The van der Waals surface area contributed by atoms with E-state index < -0.39 is 0 Å². The molecule has 1 aromatic heterocycles. The zero-order chi connectivity index (χ0) is 22.7. The average molecular weight is 438 g/mol. The highest BCUT2D eigenvalue weighted by atomic mass is 16.5. The molecule has 7 nitrogen and oxygen atoms in total. The molecule has 3 aliphatic heterocycles. The maximum absolute atomic E-state index is 11.8. The van der Waals surface area contributed by atoms with Gasteiger partial charge in [-0.3, -0.25) is 4.90 Å². The molecule has 32 heavy (non-hydrogen) atoms. The van der Waals surface area contributed by atoms with Crippen molar-refractivity contribution < 1.29 is 9.53 Å². The Balaban J connectivity index is 1.45. The van der Waals surface area contributed by atoms with Gasteiger partial charge in [-0.25, -0.2) is 14.8 Å². The lowest BCUT2D eigenvalue weighted by atomic mass is 9.74. The Morgan fingerprint density at radius 1 is 1.25 bits per heavy atom. The van der Waals surface area contributed by atoms with Crippen molar-refractivity contribution >= 4 is 11.8 Å². The molecular weight excluding hydrogens is 402 g/mol. The van der Waals surface area contributed by atoms with Gasteiger partial charge in [-0.15, -0.1) is 0 Å². The van der Waals surface area contributed by atoms with E-state index in [9.17, 15) is 4.79 Å². The number of fused-ring (bicyclic) bond motifs is 3. The molecule has 2 bridgehead atoms. The van der Waals surface area contributed by atoms with Crippen LogP contribution in [0.5, 0.6) is 0 Å². The number of anilines is 1. The number of hydrogen-bond acceptors (Lipinski definition) is 6. The Morgan fingerprint density at radius 2 is 2.03 bits per heavy atom. The zero-order valence-corrected chi connectivity index (χ0v) is 19.7. The fourth-order valence-corrected chi connectivity index (χ4v) is 4.96. The van der Waals surface area contributed by atoms with Gasteiger partial charge in [0.05, 0.1) is 5.69 Å². The van der Waals surface area contributed by atoms with E-state index in [-0.39, 0.29) is 6.09 Å². The van der Waals surface area contributed by atoms with Gasteiger partial charge in [0.1, 0.15) is 12.4 Å². The Labute approximate surface area is 191 Å². The van der Waals surface area contributed by atoms with E-state index in [0.717, 1.165) is 48.7 Å². The van der Waals surface area contributed by atoms with Gasteiger partial charge in [-0.2, -0.15) is 0 Å². The maximum atomic E-state index is 11.8. The third kappa shape index (κ3) is 5.04. The van der Waals surface area contributed by atoms with Crippen molar-refractivity contribution in [1.29, 1.82) is 0 Å². The number of alkyl carbamates (subject to hydrolysis) is 1. The van der Waals surface area contributed by atoms with Gasteiger partial charge in [-0.05, 0) is 56.8 Å². The van der Waals surface area contributed by atoms with Crippen LogP contribution in [0, 0.1) is 12.8 Å². The lowest BCUT2D eigenvalue weighted by Crippen LogP contribution is -2.54. The van der Waals surface area contributed by atoms with E-state index in [1.165, 1.54) is 12.1 Å². The van der Waals surface area contributed by atoms with Crippen molar-refractivity contribution in [3.63, 3.8) is 0 Å². The highest BCUT2D eigenvalue weighted by molar-refractivity contribution is 5.67. The molecule has 2 aromatic rings. The molecule has 1 unspecified atom stereocenters. The second-order valence-corrected chi connectivity index (χ2v) is 9.23. The first-order valence-corrected chi connectivity index (χ1v) is 11.7. The molecule has 0 spiro atoms. The van der Waals surface area contributed by atoms with E-state index in [1.807, 2.05) is 27.9 Å². The molecule has 5 rings (SSSR count). The van der Waals surface area contributed by atoms with Crippen LogP contribution in [0.1, 0.15) is 43.6 Å². The summed E-state index contributed by atoms with van der Waals surface area (Å²) in [6, 6.07) is 11.0. The van der Waals surface area contributed by atoms with Crippen LogP contribution in [-0.4, -0.2) is 67.3 Å². The van der Waals surface area contributed by atoms with Crippen molar-refractivity contribution in [2.75, 3.05) is 45.2 Å². The Morgan fingerprint density at radius 3 is 2.69 bits per heavy atom. The van der Waals surface area contributed by atoms with E-state index in [0.29, 0.717) is 31.0 Å². The maximum Gasteiger partial charge on any atom is 0.407 e. The molecule has 3 aliphatic rings. The Kier molecular flexibility index (Phi) is 6.94. The third-order valence-corrected chi connectivity index (χ3v) is 6.72. The van der Waals surface area contributed by atoms with Crippen molar-refractivity contribution in [3.8, 4) is 11.3 Å². The van der Waals surface area contributed by atoms with Gasteiger partial charge in [0.2, 0.25) is 0 Å². The average Bonchev–Trinajstić information content (AvgIpc) is 2.81. The Hall–Kier alpha value is -2.67. The quantitative estimate of drug-likeness (QED) is 0.710. The predicted molar refractivity (Wildman–Crippen MR) is 127 cm³/mol. The molecule has 1 amide bonds. The monoisotopic (exact) mass is 437 g/mol. The van der Waals surface area contributed by atoms with Crippen LogP contribution < -0.4 is 10.2 Å². The van der Waals surface area contributed by atoms with Crippen molar-refractivity contribution in [1.82, 2.24) is 20.2 Å². The number of carbonyl (C=O) groups excluding carboxylic acids is 1. The minimum atomic E-state index is -0.303. The molecule has 4 heterocycles. The molecule has 0 radical (unpaired) electrons. The highest BCUT2D eigenvalue weighted by Crippen LogP contribution is 2.42. The predicted octanol–water partition coefficient (Wildman–Crippen LogP) is 3.83. The third-order valence-electron chi connectivity index (χ3n) is 6.72. The molecule has 172 valence electrons. The summed E-state index contributed by atoms with van der Waals surface area (Å²) < 4.78 is 5.48. The summed E-state index contributed by atoms with van der Waals surface area (Å²) >= 11 is 0. The number of rotatable bonds is 7. The largest absolute Gasteiger partial charge is 0.448 e. The number of aryl methyl sites for hydroxylation is 1. The lowest BCUT2D eigenvalue weighted by Gasteiger charge is -2.49. The second kappa shape index (κ2) is 9.86. The van der Waals surface area contributed by atoms with Crippen LogP contribution in [0.2, 0.25) is 0 Å². The van der Waals surface area contributed by atoms with E-state index in [1.54, 1.807) is 0 Å². The standard InChI is InChI=1S/C25H35N5O2/c1-5-11-26-25(31)32-16-21-13-19-10-12-30(21)15-22(19)24-14-23(27-17(2)28-24)18-6-8-20(9-7-18)29(3)4/h6-9,14,19,21-22H,5,10-13,15-16H2,1-4H3,(H,26,31)/t19-,21+,22-/m0/s1. The summed E-state index contributed by atoms with van der Waals surface area (Å²) in [5.41, 5.74) is 4.42. The lowest BCUT2D eigenvalue weighted by molar-refractivity contribution is -0.00346. The minimum Gasteiger partial charge on any atom is -0.448 e. The topological polar surface area (TPSA) is 70.6 Å². The first kappa shape index (κ1) is 22.5. The fourth-order valence-electron chi connectivity index (χ4n) is 4.96. The van der Waals surface area contributed by atoms with Gasteiger partial charge in [0.25, 0.3) is 0 Å². The molecule has 3 saturated heterocycles. The molecule has 0 aliphatic carbocycles. The number of amides is 1. The summed E-state index contributed by atoms with van der Waals surface area (Å²) in [5.74, 6) is 1.78. The number of piperidine rings is 3. The SMILES string of the molecule is CCCNC(=O)OC[C@H]1C[C@@H]2CCN1C[C@@H]2c1cc(-c2ccc(N(C)C)cc2)nc(C)n1. The summed E-state index contributed by atoms with van der Waals surface area (Å²) in [5, 5.41) is 2.79. The number of nitrogens with zero attached hydrogens (tertiary/aromatic N) is 4. The number of nitrogens with one attached hydrogen (secondary N) is 1. The summed E-state index contributed by atoms with van der Waals surface area (Å²) in [7, 11) is 4.09. The van der Waals surface area contributed by atoms with Crippen LogP contribution in [0.4, 0.5) is 10.5 Å². The Bertz CT molecular complexity index is 930. The van der Waals surface area contributed by atoms with Crippen LogP contribution >= 0.6 is 0 Å². The van der Waals surface area contributed by atoms with Crippen LogP contribution in [0.15, 0.2) is 30.3 Å². The smallest absolute Gasteiger partial charge is 0.407 e. The number of carbonyl (C=O) groups is 1. The summed E-state index contributed by atoms with van der Waals surface area (Å²) in [6.45, 7) is 7.16. The molecule has 0 saturated carbocycles. The zero-order valence-electron chi connectivity index (χ0n) is 19.7. The number of benzene rings is 1. The highest BCUT2D eigenvalue weighted by Gasteiger charge is 2.41. The van der Waals surface area contributed by atoms with Crippen LogP contribution in [0.25, 0.3) is 11.3 Å². The second-order valence-electron chi connectivity index (χ2n) is 9.23. The van der Waals surface area contributed by atoms with Crippen molar-refractivity contribution in [2.24, 2.45) is 5.92 Å². The minimum absolute atomic E-state index is 0.303. The first-order valence-electron chi connectivity index (χ1n) is 11.7. The molecular formula is C25H35N5O2. The van der Waals surface area contributed by atoms with Gasteiger partial charge < -0.3 is 15.0 Å². The summed E-state index contributed by atoms with van der Waals surface area (Å²) in [6.07, 6.45) is 2.82. The first-order chi connectivity index (χ1) is 15.4. The van der Waals surface area contributed by atoms with E-state index in [4.69, 9.17) is 14.7 Å². The molecule has 1 N–H and O–H groups in total. The van der Waals surface area contributed by atoms with Crippen LogP contribution in [0.3, 0.4) is 0 Å². The van der Waals surface area contributed by atoms with Gasteiger partial charge in [-0.1, -0.05) is 19.1 Å². The fraction of sp³-hybridized carbons (Fsp3) is 0.560.